The Kier molecular flexibility index (Phi) is 12.5. The van der Waals surface area contributed by atoms with Gasteiger partial charge in [-0.3, -0.25) is 0 Å². The predicted octanol–water partition coefficient (Wildman–Crippen LogP) is 3.36. The molecule has 0 saturated heterocycles. The van der Waals surface area contributed by atoms with Gasteiger partial charge in [-0.1, -0.05) is 40.0 Å². The summed E-state index contributed by atoms with van der Waals surface area (Å²) >= 11 is 0. The maximum absolute atomic E-state index is 9.51. The number of rotatable bonds is 7. The van der Waals surface area contributed by atoms with E-state index in [9.17, 15) is 5.11 Å². The van der Waals surface area contributed by atoms with E-state index in [4.69, 9.17) is 10.2 Å². The lowest BCUT2D eigenvalue weighted by molar-refractivity contribution is 0.0935. The average Bonchev–Trinajstić information content (AvgIpc) is 2.49. The van der Waals surface area contributed by atoms with Gasteiger partial charge in [-0.05, 0) is 49.9 Å². The van der Waals surface area contributed by atoms with Gasteiger partial charge in [0.25, 0.3) is 0 Å². The zero-order chi connectivity index (χ0) is 15.4. The van der Waals surface area contributed by atoms with Crippen molar-refractivity contribution in [3.05, 3.63) is 0 Å². The van der Waals surface area contributed by atoms with E-state index in [2.05, 4.69) is 20.8 Å². The molecule has 1 atom stereocenters. The van der Waals surface area contributed by atoms with E-state index in [1.807, 2.05) is 0 Å². The van der Waals surface area contributed by atoms with E-state index in [0.717, 1.165) is 51.4 Å². The Bertz CT molecular complexity index is 184. The summed E-state index contributed by atoms with van der Waals surface area (Å²) in [6.45, 7) is 7.07. The molecule has 1 unspecified atom stereocenters. The molecule has 0 radical (unpaired) electrons. The minimum Gasteiger partial charge on any atom is -0.396 e. The van der Waals surface area contributed by atoms with Gasteiger partial charge in [0.05, 0.1) is 6.10 Å². The van der Waals surface area contributed by atoms with Crippen molar-refractivity contribution in [3.8, 4) is 0 Å². The van der Waals surface area contributed by atoms with Gasteiger partial charge in [-0.25, -0.2) is 0 Å². The molecule has 3 nitrogen and oxygen atoms in total. The summed E-state index contributed by atoms with van der Waals surface area (Å²) in [4.78, 5) is 0. The van der Waals surface area contributed by atoms with Crippen LogP contribution >= 0.6 is 0 Å². The van der Waals surface area contributed by atoms with Crippen LogP contribution in [-0.4, -0.2) is 34.6 Å². The third-order valence-electron chi connectivity index (χ3n) is 4.66. The molecule has 3 heteroatoms. The Morgan fingerprint density at radius 2 is 1.25 bits per heavy atom. The van der Waals surface area contributed by atoms with Crippen molar-refractivity contribution in [1.29, 1.82) is 0 Å². The van der Waals surface area contributed by atoms with E-state index in [0.29, 0.717) is 31.0 Å². The fourth-order valence-corrected chi connectivity index (χ4v) is 2.96. The highest BCUT2D eigenvalue weighted by Gasteiger charge is 2.19. The summed E-state index contributed by atoms with van der Waals surface area (Å²) < 4.78 is 0. The fourth-order valence-electron chi connectivity index (χ4n) is 2.96. The monoisotopic (exact) mass is 288 g/mol. The van der Waals surface area contributed by atoms with Gasteiger partial charge in [0.1, 0.15) is 0 Å². The van der Waals surface area contributed by atoms with Gasteiger partial charge in [0.15, 0.2) is 0 Å². The predicted molar refractivity (Wildman–Crippen MR) is 84.6 cm³/mol. The van der Waals surface area contributed by atoms with Crippen molar-refractivity contribution >= 4 is 0 Å². The summed E-state index contributed by atoms with van der Waals surface area (Å²) in [5.74, 6) is 1.56. The third kappa shape index (κ3) is 8.23. The second kappa shape index (κ2) is 12.6. The van der Waals surface area contributed by atoms with E-state index in [1.165, 1.54) is 0 Å². The number of aliphatic hydroxyl groups is 3. The second-order valence-electron chi connectivity index (χ2n) is 6.18. The van der Waals surface area contributed by atoms with Crippen molar-refractivity contribution in [2.45, 2.75) is 78.2 Å². The van der Waals surface area contributed by atoms with Gasteiger partial charge >= 0.3 is 0 Å². The van der Waals surface area contributed by atoms with Crippen LogP contribution in [0.3, 0.4) is 0 Å². The zero-order valence-electron chi connectivity index (χ0n) is 13.7. The Morgan fingerprint density at radius 1 is 0.850 bits per heavy atom. The van der Waals surface area contributed by atoms with Crippen LogP contribution < -0.4 is 0 Å². The number of hydrogen-bond donors (Lipinski definition) is 3. The number of hydrogen-bond acceptors (Lipinski definition) is 3. The SMILES string of the molecule is CCCC(O)C(CC)CC.OCC1CCC(CO)CC1. The highest BCUT2D eigenvalue weighted by Crippen LogP contribution is 2.27. The molecule has 1 fully saturated rings. The molecule has 1 rings (SSSR count). The third-order valence-corrected chi connectivity index (χ3v) is 4.66. The summed E-state index contributed by atoms with van der Waals surface area (Å²) in [6.07, 6.45) is 8.62. The van der Waals surface area contributed by atoms with Crippen molar-refractivity contribution in [2.75, 3.05) is 13.2 Å². The summed E-state index contributed by atoms with van der Waals surface area (Å²) in [5.41, 5.74) is 0. The molecule has 1 aliphatic carbocycles. The second-order valence-corrected chi connectivity index (χ2v) is 6.18. The molecule has 0 spiro atoms. The first-order valence-electron chi connectivity index (χ1n) is 8.52. The molecule has 0 aromatic rings. The molecule has 3 N–H and O–H groups in total. The lowest BCUT2D eigenvalue weighted by Gasteiger charge is -2.25. The molecular weight excluding hydrogens is 252 g/mol. The maximum Gasteiger partial charge on any atom is 0.0568 e. The highest BCUT2D eigenvalue weighted by molar-refractivity contribution is 4.70. The molecule has 0 aliphatic heterocycles. The first-order valence-corrected chi connectivity index (χ1v) is 8.52. The van der Waals surface area contributed by atoms with Gasteiger partial charge in [0, 0.05) is 13.2 Å². The molecule has 20 heavy (non-hydrogen) atoms. The molecule has 122 valence electrons. The van der Waals surface area contributed by atoms with Crippen molar-refractivity contribution in [1.82, 2.24) is 0 Å². The van der Waals surface area contributed by atoms with Gasteiger partial charge in [0.2, 0.25) is 0 Å². The highest BCUT2D eigenvalue weighted by atomic mass is 16.3. The van der Waals surface area contributed by atoms with E-state index in [-0.39, 0.29) is 6.10 Å². The molecule has 1 saturated carbocycles. The van der Waals surface area contributed by atoms with Crippen molar-refractivity contribution in [2.24, 2.45) is 17.8 Å². The van der Waals surface area contributed by atoms with E-state index >= 15 is 0 Å². The molecule has 0 amide bonds. The molecule has 0 heterocycles. The zero-order valence-corrected chi connectivity index (χ0v) is 13.7. The molecule has 0 aromatic carbocycles. The normalized spacial score (nSPS) is 24.1. The average molecular weight is 288 g/mol. The van der Waals surface area contributed by atoms with Crippen LogP contribution in [0.15, 0.2) is 0 Å². The smallest absolute Gasteiger partial charge is 0.0568 e. The summed E-state index contributed by atoms with van der Waals surface area (Å²) in [5, 5.41) is 27.1. The Labute approximate surface area is 125 Å². The van der Waals surface area contributed by atoms with Gasteiger partial charge < -0.3 is 15.3 Å². The van der Waals surface area contributed by atoms with E-state index < -0.39 is 0 Å². The first kappa shape index (κ1) is 19.9. The van der Waals surface area contributed by atoms with Crippen LogP contribution in [0.2, 0.25) is 0 Å². The standard InChI is InChI=1S/C9H20O.C8H16O2/c1-4-7-9(10)8(5-2)6-3;9-5-7-1-2-8(6-10)4-3-7/h8-10H,4-7H2,1-3H3;7-10H,1-6H2. The lowest BCUT2D eigenvalue weighted by atomic mass is 9.83. The van der Waals surface area contributed by atoms with Gasteiger partial charge in [-0.2, -0.15) is 0 Å². The first-order chi connectivity index (χ1) is 9.62. The van der Waals surface area contributed by atoms with Crippen LogP contribution in [0.1, 0.15) is 72.1 Å². The minimum absolute atomic E-state index is 0.0556. The van der Waals surface area contributed by atoms with Crippen LogP contribution in [0.4, 0.5) is 0 Å². The largest absolute Gasteiger partial charge is 0.396 e. The maximum atomic E-state index is 9.51. The molecule has 0 aromatic heterocycles. The number of aliphatic hydroxyl groups excluding tert-OH is 3. The van der Waals surface area contributed by atoms with Crippen molar-refractivity contribution < 1.29 is 15.3 Å². The van der Waals surface area contributed by atoms with Crippen LogP contribution in [-0.2, 0) is 0 Å². The van der Waals surface area contributed by atoms with E-state index in [1.54, 1.807) is 0 Å². The summed E-state index contributed by atoms with van der Waals surface area (Å²) in [7, 11) is 0. The lowest BCUT2D eigenvalue weighted by Crippen LogP contribution is -2.19. The quantitative estimate of drug-likeness (QED) is 0.673. The molecule has 1 aliphatic rings. The van der Waals surface area contributed by atoms with Gasteiger partial charge in [-0.15, -0.1) is 0 Å². The Hall–Kier alpha value is -0.120. The molecular formula is C17H36O3. The van der Waals surface area contributed by atoms with Crippen LogP contribution in [0.25, 0.3) is 0 Å². The van der Waals surface area contributed by atoms with Crippen molar-refractivity contribution in [3.63, 3.8) is 0 Å². The summed E-state index contributed by atoms with van der Waals surface area (Å²) in [6, 6.07) is 0. The Morgan fingerprint density at radius 3 is 1.50 bits per heavy atom. The Balaban J connectivity index is 0.000000361. The minimum atomic E-state index is -0.0556. The van der Waals surface area contributed by atoms with Crippen LogP contribution in [0.5, 0.6) is 0 Å². The fraction of sp³-hybridized carbons (Fsp3) is 1.00. The topological polar surface area (TPSA) is 60.7 Å². The van der Waals surface area contributed by atoms with Crippen LogP contribution in [0, 0.1) is 17.8 Å². The molecule has 0 bridgehead atoms.